The SMILES string of the molecule is O=C(O)C[C@@](O)(CSCCCCCCc1ccccc1)C(=O)O. The minimum absolute atomic E-state index is 0.0986. The van der Waals surface area contributed by atoms with E-state index in [-0.39, 0.29) is 5.75 Å². The summed E-state index contributed by atoms with van der Waals surface area (Å²) in [6, 6.07) is 10.3. The van der Waals surface area contributed by atoms with Gasteiger partial charge in [-0.25, -0.2) is 4.79 Å². The Morgan fingerprint density at radius 1 is 1.00 bits per heavy atom. The normalized spacial score (nSPS) is 13.4. The number of hydrogen-bond acceptors (Lipinski definition) is 4. The summed E-state index contributed by atoms with van der Waals surface area (Å²) in [6.45, 7) is 0. The van der Waals surface area contributed by atoms with E-state index < -0.39 is 24.0 Å². The van der Waals surface area contributed by atoms with Gasteiger partial charge in [0.2, 0.25) is 0 Å². The molecule has 0 aliphatic rings. The monoisotopic (exact) mass is 340 g/mol. The molecule has 128 valence electrons. The molecule has 0 heterocycles. The van der Waals surface area contributed by atoms with Crippen LogP contribution >= 0.6 is 11.8 Å². The Morgan fingerprint density at radius 3 is 2.26 bits per heavy atom. The number of hydrogen-bond donors (Lipinski definition) is 3. The molecule has 1 rings (SSSR count). The summed E-state index contributed by atoms with van der Waals surface area (Å²) in [6.07, 6.45) is 4.49. The van der Waals surface area contributed by atoms with Gasteiger partial charge in [0.1, 0.15) is 0 Å². The fraction of sp³-hybridized carbons (Fsp3) is 0.529. The number of unbranched alkanes of at least 4 members (excludes halogenated alkanes) is 3. The minimum atomic E-state index is -2.18. The summed E-state index contributed by atoms with van der Waals surface area (Å²) in [5, 5.41) is 27.4. The summed E-state index contributed by atoms with van der Waals surface area (Å²) < 4.78 is 0. The van der Waals surface area contributed by atoms with Crippen LogP contribution in [0.25, 0.3) is 0 Å². The summed E-state index contributed by atoms with van der Waals surface area (Å²) in [4.78, 5) is 21.6. The fourth-order valence-corrected chi connectivity index (χ4v) is 3.33. The second kappa shape index (κ2) is 10.3. The molecule has 6 heteroatoms. The highest BCUT2D eigenvalue weighted by atomic mass is 32.2. The van der Waals surface area contributed by atoms with E-state index in [4.69, 9.17) is 10.2 Å². The third-order valence-corrected chi connectivity index (χ3v) is 4.79. The molecule has 1 atom stereocenters. The van der Waals surface area contributed by atoms with Crippen LogP contribution in [-0.2, 0) is 16.0 Å². The zero-order chi connectivity index (χ0) is 17.1. The van der Waals surface area contributed by atoms with Gasteiger partial charge in [0.15, 0.2) is 5.60 Å². The fourth-order valence-electron chi connectivity index (χ4n) is 2.21. The Hall–Kier alpha value is -1.53. The molecule has 0 aliphatic carbocycles. The molecule has 0 aromatic heterocycles. The van der Waals surface area contributed by atoms with Crippen molar-refractivity contribution in [1.82, 2.24) is 0 Å². The van der Waals surface area contributed by atoms with E-state index >= 15 is 0 Å². The lowest BCUT2D eigenvalue weighted by atomic mass is 10.0. The molecular weight excluding hydrogens is 316 g/mol. The Bertz CT molecular complexity index is 491. The molecule has 1 aromatic carbocycles. The van der Waals surface area contributed by atoms with E-state index in [1.165, 1.54) is 17.3 Å². The van der Waals surface area contributed by atoms with E-state index in [0.29, 0.717) is 0 Å². The Labute approximate surface area is 140 Å². The van der Waals surface area contributed by atoms with Gasteiger partial charge in [0.25, 0.3) is 0 Å². The van der Waals surface area contributed by atoms with Gasteiger partial charge in [0, 0.05) is 5.75 Å². The number of benzene rings is 1. The van der Waals surface area contributed by atoms with Gasteiger partial charge in [-0.15, -0.1) is 0 Å². The number of carbonyl (C=O) groups is 2. The predicted octanol–water partition coefficient (Wildman–Crippen LogP) is 2.81. The average molecular weight is 340 g/mol. The lowest BCUT2D eigenvalue weighted by Gasteiger charge is -2.20. The van der Waals surface area contributed by atoms with Crippen LogP contribution in [0, 0.1) is 0 Å². The first-order chi connectivity index (χ1) is 10.9. The van der Waals surface area contributed by atoms with Crippen molar-refractivity contribution in [3.63, 3.8) is 0 Å². The molecule has 0 aliphatic heterocycles. The second-order valence-corrected chi connectivity index (χ2v) is 6.71. The number of carboxylic acid groups (broad SMARTS) is 2. The van der Waals surface area contributed by atoms with Crippen LogP contribution in [0.15, 0.2) is 30.3 Å². The third-order valence-electron chi connectivity index (χ3n) is 3.53. The van der Waals surface area contributed by atoms with E-state index in [1.807, 2.05) is 18.2 Å². The first-order valence-electron chi connectivity index (χ1n) is 7.73. The van der Waals surface area contributed by atoms with E-state index in [0.717, 1.165) is 37.9 Å². The third kappa shape index (κ3) is 8.04. The number of aliphatic carboxylic acids is 2. The highest BCUT2D eigenvalue weighted by Gasteiger charge is 2.38. The van der Waals surface area contributed by atoms with Crippen molar-refractivity contribution in [3.8, 4) is 0 Å². The zero-order valence-electron chi connectivity index (χ0n) is 13.1. The lowest BCUT2D eigenvalue weighted by Crippen LogP contribution is -2.43. The molecule has 1 aromatic rings. The van der Waals surface area contributed by atoms with Crippen LogP contribution in [0.1, 0.15) is 37.7 Å². The molecule has 0 radical (unpaired) electrons. The van der Waals surface area contributed by atoms with Gasteiger partial charge >= 0.3 is 11.9 Å². The van der Waals surface area contributed by atoms with Gasteiger partial charge in [-0.3, -0.25) is 4.79 Å². The second-order valence-electron chi connectivity index (χ2n) is 5.61. The summed E-state index contributed by atoms with van der Waals surface area (Å²) in [7, 11) is 0. The predicted molar refractivity (Wildman–Crippen MR) is 90.8 cm³/mol. The van der Waals surface area contributed by atoms with Crippen molar-refractivity contribution < 1.29 is 24.9 Å². The van der Waals surface area contributed by atoms with Crippen molar-refractivity contribution in [1.29, 1.82) is 0 Å². The molecular formula is C17H24O5S. The number of aryl methyl sites for hydroxylation is 1. The molecule has 0 saturated carbocycles. The van der Waals surface area contributed by atoms with Gasteiger partial charge in [-0.05, 0) is 30.6 Å². The van der Waals surface area contributed by atoms with Crippen molar-refractivity contribution in [2.45, 2.75) is 44.1 Å². The first kappa shape index (κ1) is 19.5. The van der Waals surface area contributed by atoms with E-state index in [2.05, 4.69) is 12.1 Å². The summed E-state index contributed by atoms with van der Waals surface area (Å²) >= 11 is 1.29. The van der Waals surface area contributed by atoms with Crippen LogP contribution in [-0.4, -0.2) is 44.4 Å². The summed E-state index contributed by atoms with van der Waals surface area (Å²) in [5.41, 5.74) is -0.842. The van der Waals surface area contributed by atoms with E-state index in [1.54, 1.807) is 0 Å². The maximum Gasteiger partial charge on any atom is 0.337 e. The molecule has 0 amide bonds. The van der Waals surface area contributed by atoms with Gasteiger partial charge in [-0.1, -0.05) is 43.2 Å². The van der Waals surface area contributed by atoms with Gasteiger partial charge in [-0.2, -0.15) is 11.8 Å². The number of carboxylic acids is 2. The van der Waals surface area contributed by atoms with Crippen LogP contribution in [0.2, 0.25) is 0 Å². The van der Waals surface area contributed by atoms with Crippen LogP contribution < -0.4 is 0 Å². The average Bonchev–Trinajstić information content (AvgIpc) is 2.50. The minimum Gasteiger partial charge on any atom is -0.481 e. The van der Waals surface area contributed by atoms with Crippen molar-refractivity contribution in [2.75, 3.05) is 11.5 Å². The van der Waals surface area contributed by atoms with Crippen molar-refractivity contribution in [3.05, 3.63) is 35.9 Å². The highest BCUT2D eigenvalue weighted by Crippen LogP contribution is 2.20. The number of rotatable bonds is 12. The molecule has 0 fully saturated rings. The smallest absolute Gasteiger partial charge is 0.337 e. The summed E-state index contributed by atoms with van der Waals surface area (Å²) in [5.74, 6) is -2.16. The molecule has 0 bridgehead atoms. The number of thioether (sulfide) groups is 1. The lowest BCUT2D eigenvalue weighted by molar-refractivity contribution is -0.162. The van der Waals surface area contributed by atoms with Crippen molar-refractivity contribution in [2.24, 2.45) is 0 Å². The van der Waals surface area contributed by atoms with Crippen LogP contribution in [0.3, 0.4) is 0 Å². The molecule has 23 heavy (non-hydrogen) atoms. The molecule has 5 nitrogen and oxygen atoms in total. The maximum atomic E-state index is 11.0. The molecule has 0 unspecified atom stereocenters. The topological polar surface area (TPSA) is 94.8 Å². The van der Waals surface area contributed by atoms with Crippen LogP contribution in [0.5, 0.6) is 0 Å². The quantitative estimate of drug-likeness (QED) is 0.507. The Balaban J connectivity index is 2.10. The largest absolute Gasteiger partial charge is 0.481 e. The zero-order valence-corrected chi connectivity index (χ0v) is 13.9. The van der Waals surface area contributed by atoms with Gasteiger partial charge < -0.3 is 15.3 Å². The molecule has 0 spiro atoms. The van der Waals surface area contributed by atoms with E-state index in [9.17, 15) is 14.7 Å². The molecule has 0 saturated heterocycles. The Morgan fingerprint density at radius 2 is 1.65 bits per heavy atom. The Kier molecular flexibility index (Phi) is 8.73. The number of aliphatic hydroxyl groups is 1. The van der Waals surface area contributed by atoms with Crippen molar-refractivity contribution >= 4 is 23.7 Å². The molecule has 3 N–H and O–H groups in total. The van der Waals surface area contributed by atoms with Crippen LogP contribution in [0.4, 0.5) is 0 Å². The first-order valence-corrected chi connectivity index (χ1v) is 8.89. The standard InChI is InChI=1S/C17H24O5S/c18-15(19)12-17(22,16(20)21)13-23-11-7-2-1-4-8-14-9-5-3-6-10-14/h3,5-6,9-10,22H,1-2,4,7-8,11-13H2,(H,18,19)(H,20,21)/t17-/m1/s1. The maximum absolute atomic E-state index is 11.0. The highest BCUT2D eigenvalue weighted by molar-refractivity contribution is 7.99. The van der Waals surface area contributed by atoms with Gasteiger partial charge in [0.05, 0.1) is 6.42 Å².